The number of hydrogen-bond donors (Lipinski definition) is 2. The monoisotopic (exact) mass is 433 g/mol. The first-order valence-corrected chi connectivity index (χ1v) is 11.3. The maximum Gasteiger partial charge on any atom is 0.265 e. The van der Waals surface area contributed by atoms with Crippen molar-refractivity contribution >= 4 is 28.8 Å². The third kappa shape index (κ3) is 5.40. The molecule has 1 aliphatic carbocycles. The molecule has 1 fully saturated rings. The van der Waals surface area contributed by atoms with Crippen LogP contribution < -0.4 is 10.6 Å². The lowest BCUT2D eigenvalue weighted by atomic mass is 10.1. The quantitative estimate of drug-likeness (QED) is 0.555. The van der Waals surface area contributed by atoms with Gasteiger partial charge in [-0.25, -0.2) is 0 Å². The van der Waals surface area contributed by atoms with Gasteiger partial charge in [-0.15, -0.1) is 11.3 Å². The van der Waals surface area contributed by atoms with Gasteiger partial charge in [0.2, 0.25) is 0 Å². The SMILES string of the molecule is Cc1ccc(C(=O)NC2CC2)cc1NC(=O)c1ccc(-c2ccc(CN(C)C)cc2)s1. The molecular formula is C25H27N3O2S. The second kappa shape index (κ2) is 9.04. The highest BCUT2D eigenvalue weighted by Gasteiger charge is 2.24. The molecule has 1 saturated carbocycles. The average molecular weight is 434 g/mol. The fraction of sp³-hybridized carbons (Fsp3) is 0.280. The zero-order chi connectivity index (χ0) is 22.0. The summed E-state index contributed by atoms with van der Waals surface area (Å²) in [5.41, 5.74) is 4.50. The molecule has 1 aliphatic rings. The van der Waals surface area contributed by atoms with Crippen molar-refractivity contribution in [1.82, 2.24) is 10.2 Å². The maximum absolute atomic E-state index is 12.8. The molecule has 1 aromatic heterocycles. The summed E-state index contributed by atoms with van der Waals surface area (Å²) in [7, 11) is 4.10. The van der Waals surface area contributed by atoms with E-state index in [2.05, 4.69) is 53.9 Å². The van der Waals surface area contributed by atoms with Crippen molar-refractivity contribution in [3.63, 3.8) is 0 Å². The minimum absolute atomic E-state index is 0.0888. The van der Waals surface area contributed by atoms with E-state index in [4.69, 9.17) is 0 Å². The van der Waals surface area contributed by atoms with E-state index in [9.17, 15) is 9.59 Å². The fourth-order valence-corrected chi connectivity index (χ4v) is 4.24. The van der Waals surface area contributed by atoms with Gasteiger partial charge < -0.3 is 15.5 Å². The summed E-state index contributed by atoms with van der Waals surface area (Å²) in [5.74, 6) is -0.252. The van der Waals surface area contributed by atoms with Gasteiger partial charge in [0, 0.05) is 28.7 Å². The van der Waals surface area contributed by atoms with Gasteiger partial charge in [-0.05, 0) is 74.8 Å². The molecule has 1 heterocycles. The van der Waals surface area contributed by atoms with Crippen LogP contribution in [0.2, 0.25) is 0 Å². The van der Waals surface area contributed by atoms with Crippen molar-refractivity contribution in [2.45, 2.75) is 32.4 Å². The van der Waals surface area contributed by atoms with Crippen LogP contribution in [0.1, 0.15) is 44.0 Å². The van der Waals surface area contributed by atoms with E-state index in [0.717, 1.165) is 35.4 Å². The average Bonchev–Trinajstić information content (AvgIpc) is 3.41. The van der Waals surface area contributed by atoms with Crippen molar-refractivity contribution in [2.24, 2.45) is 0 Å². The molecule has 0 unspecified atom stereocenters. The highest BCUT2D eigenvalue weighted by atomic mass is 32.1. The molecule has 0 saturated heterocycles. The summed E-state index contributed by atoms with van der Waals surface area (Å²) in [6, 6.07) is 18.0. The number of benzene rings is 2. The molecule has 0 radical (unpaired) electrons. The van der Waals surface area contributed by atoms with Crippen LogP contribution in [0.4, 0.5) is 5.69 Å². The number of hydrogen-bond acceptors (Lipinski definition) is 4. The van der Waals surface area contributed by atoms with Crippen molar-refractivity contribution in [3.8, 4) is 10.4 Å². The van der Waals surface area contributed by atoms with E-state index in [1.807, 2.05) is 25.1 Å². The molecule has 5 nitrogen and oxygen atoms in total. The summed E-state index contributed by atoms with van der Waals surface area (Å²) in [5, 5.41) is 5.96. The normalized spacial score (nSPS) is 13.3. The zero-order valence-corrected chi connectivity index (χ0v) is 18.9. The highest BCUT2D eigenvalue weighted by molar-refractivity contribution is 7.17. The Morgan fingerprint density at radius 2 is 1.74 bits per heavy atom. The molecule has 2 N–H and O–H groups in total. The van der Waals surface area contributed by atoms with Crippen molar-refractivity contribution in [2.75, 3.05) is 19.4 Å². The van der Waals surface area contributed by atoms with Crippen molar-refractivity contribution in [1.29, 1.82) is 0 Å². The molecular weight excluding hydrogens is 406 g/mol. The fourth-order valence-electron chi connectivity index (χ4n) is 3.33. The molecule has 3 aromatic rings. The number of rotatable bonds is 7. The minimum atomic E-state index is -0.164. The van der Waals surface area contributed by atoms with Gasteiger partial charge in [0.05, 0.1) is 4.88 Å². The van der Waals surface area contributed by atoms with Crippen LogP contribution in [0, 0.1) is 6.92 Å². The summed E-state index contributed by atoms with van der Waals surface area (Å²) >= 11 is 1.46. The lowest BCUT2D eigenvalue weighted by Gasteiger charge is -2.10. The van der Waals surface area contributed by atoms with E-state index in [1.165, 1.54) is 16.9 Å². The Morgan fingerprint density at radius 1 is 1.00 bits per heavy atom. The number of amides is 2. The Morgan fingerprint density at radius 3 is 2.42 bits per heavy atom. The Balaban J connectivity index is 1.46. The Hall–Kier alpha value is -2.96. The van der Waals surface area contributed by atoms with Gasteiger partial charge >= 0.3 is 0 Å². The minimum Gasteiger partial charge on any atom is -0.349 e. The molecule has 2 amide bonds. The maximum atomic E-state index is 12.8. The molecule has 0 aliphatic heterocycles. The number of thiophene rings is 1. The Bertz CT molecular complexity index is 1100. The predicted molar refractivity (Wildman–Crippen MR) is 127 cm³/mol. The van der Waals surface area contributed by atoms with Crippen molar-refractivity contribution < 1.29 is 9.59 Å². The number of aryl methyl sites for hydroxylation is 1. The third-order valence-corrected chi connectivity index (χ3v) is 6.36. The van der Waals surface area contributed by atoms with Gasteiger partial charge in [-0.2, -0.15) is 0 Å². The summed E-state index contributed by atoms with van der Waals surface area (Å²) in [4.78, 5) is 29.0. The Labute approximate surface area is 187 Å². The van der Waals surface area contributed by atoms with Crippen LogP contribution in [0.5, 0.6) is 0 Å². The highest BCUT2D eigenvalue weighted by Crippen LogP contribution is 2.29. The molecule has 0 atom stereocenters. The predicted octanol–water partition coefficient (Wildman–Crippen LogP) is 4.93. The molecule has 160 valence electrons. The van der Waals surface area contributed by atoms with Gasteiger partial charge in [0.15, 0.2) is 0 Å². The molecule has 0 spiro atoms. The van der Waals surface area contributed by atoms with E-state index in [-0.39, 0.29) is 11.8 Å². The van der Waals surface area contributed by atoms with Gasteiger partial charge in [-0.3, -0.25) is 9.59 Å². The van der Waals surface area contributed by atoms with Crippen LogP contribution in [0.15, 0.2) is 54.6 Å². The summed E-state index contributed by atoms with van der Waals surface area (Å²) < 4.78 is 0. The smallest absolute Gasteiger partial charge is 0.265 e. The summed E-state index contributed by atoms with van der Waals surface area (Å²) in [6.07, 6.45) is 2.08. The molecule has 0 bridgehead atoms. The first kappa shape index (κ1) is 21.3. The second-order valence-electron chi connectivity index (χ2n) is 8.33. The van der Waals surface area contributed by atoms with Crippen LogP contribution in [-0.4, -0.2) is 36.9 Å². The third-order valence-electron chi connectivity index (χ3n) is 5.23. The van der Waals surface area contributed by atoms with Gasteiger partial charge in [-0.1, -0.05) is 30.3 Å². The first-order valence-electron chi connectivity index (χ1n) is 10.5. The van der Waals surface area contributed by atoms with Gasteiger partial charge in [0.1, 0.15) is 0 Å². The second-order valence-corrected chi connectivity index (χ2v) is 9.41. The number of anilines is 1. The molecule has 31 heavy (non-hydrogen) atoms. The number of carbonyl (C=O) groups is 2. The van der Waals surface area contributed by atoms with Crippen LogP contribution >= 0.6 is 11.3 Å². The topological polar surface area (TPSA) is 61.4 Å². The first-order chi connectivity index (χ1) is 14.9. The van der Waals surface area contributed by atoms with E-state index in [0.29, 0.717) is 22.2 Å². The van der Waals surface area contributed by atoms with Crippen LogP contribution in [-0.2, 0) is 6.54 Å². The largest absolute Gasteiger partial charge is 0.349 e. The number of nitrogens with zero attached hydrogens (tertiary/aromatic N) is 1. The van der Waals surface area contributed by atoms with Crippen LogP contribution in [0.25, 0.3) is 10.4 Å². The van der Waals surface area contributed by atoms with E-state index < -0.39 is 0 Å². The van der Waals surface area contributed by atoms with E-state index >= 15 is 0 Å². The Kier molecular flexibility index (Phi) is 6.20. The zero-order valence-electron chi connectivity index (χ0n) is 18.1. The molecule has 2 aromatic carbocycles. The molecule has 6 heteroatoms. The molecule has 4 rings (SSSR count). The number of nitrogens with one attached hydrogen (secondary N) is 2. The van der Waals surface area contributed by atoms with Crippen LogP contribution in [0.3, 0.4) is 0 Å². The lowest BCUT2D eigenvalue weighted by Crippen LogP contribution is -2.25. The van der Waals surface area contributed by atoms with E-state index in [1.54, 1.807) is 12.1 Å². The van der Waals surface area contributed by atoms with Crippen molar-refractivity contribution in [3.05, 3.63) is 76.2 Å². The van der Waals surface area contributed by atoms with Gasteiger partial charge in [0.25, 0.3) is 11.8 Å². The standard InChI is InChI=1S/C25H27N3O2S/c1-16-4-7-19(24(29)26-20-10-11-20)14-21(16)27-25(30)23-13-12-22(31-23)18-8-5-17(6-9-18)15-28(2)3/h4-9,12-14,20H,10-11,15H2,1-3H3,(H,26,29)(H,27,30). The lowest BCUT2D eigenvalue weighted by molar-refractivity contribution is 0.0949. The summed E-state index contributed by atoms with van der Waals surface area (Å²) in [6.45, 7) is 2.82. The number of carbonyl (C=O) groups excluding carboxylic acids is 2.